The molecule has 2 aromatic heterocycles. The summed E-state index contributed by atoms with van der Waals surface area (Å²) in [5.41, 5.74) is 2.17. The number of halogens is 1. The molecule has 6 nitrogen and oxygen atoms in total. The molecule has 3 aromatic rings. The van der Waals surface area contributed by atoms with Crippen LogP contribution in [0.3, 0.4) is 0 Å². The molecular formula is C16H12ClN3O3. The molecule has 0 atom stereocenters. The fourth-order valence-electron chi connectivity index (χ4n) is 2.84. The standard InChI is InChI=1S/C16H12ClN3O3/c1-19-11-5-8-7-23-12-4-3-9(17)6-10(12)13(8)18-14(11)15(21)20(2)16(19)22/h3-6H,7H2,1-2H3. The van der Waals surface area contributed by atoms with Crippen LogP contribution in [0, 0.1) is 0 Å². The highest BCUT2D eigenvalue weighted by Crippen LogP contribution is 2.38. The van der Waals surface area contributed by atoms with Gasteiger partial charge in [-0.1, -0.05) is 11.6 Å². The molecule has 0 saturated carbocycles. The van der Waals surface area contributed by atoms with Crippen molar-refractivity contribution >= 4 is 22.6 Å². The summed E-state index contributed by atoms with van der Waals surface area (Å²) in [6, 6.07) is 7.07. The summed E-state index contributed by atoms with van der Waals surface area (Å²) < 4.78 is 8.18. The van der Waals surface area contributed by atoms with Gasteiger partial charge in [-0.3, -0.25) is 13.9 Å². The van der Waals surface area contributed by atoms with Crippen LogP contribution in [0.15, 0.2) is 33.9 Å². The lowest BCUT2D eigenvalue weighted by Gasteiger charge is -2.21. The van der Waals surface area contributed by atoms with Gasteiger partial charge in [-0.2, -0.15) is 0 Å². The van der Waals surface area contributed by atoms with Crippen LogP contribution in [0.1, 0.15) is 5.56 Å². The molecule has 0 aliphatic carbocycles. The summed E-state index contributed by atoms with van der Waals surface area (Å²) in [7, 11) is 3.06. The molecule has 7 heteroatoms. The topological polar surface area (TPSA) is 66.1 Å². The van der Waals surface area contributed by atoms with Crippen LogP contribution in [-0.4, -0.2) is 14.1 Å². The van der Waals surface area contributed by atoms with E-state index in [1.807, 2.05) is 0 Å². The quantitative estimate of drug-likeness (QED) is 0.631. The van der Waals surface area contributed by atoms with Crippen molar-refractivity contribution in [2.45, 2.75) is 6.61 Å². The van der Waals surface area contributed by atoms with E-state index in [1.165, 1.54) is 11.6 Å². The van der Waals surface area contributed by atoms with E-state index >= 15 is 0 Å². The smallest absolute Gasteiger partial charge is 0.331 e. The van der Waals surface area contributed by atoms with E-state index in [2.05, 4.69) is 4.98 Å². The molecule has 23 heavy (non-hydrogen) atoms. The fourth-order valence-corrected chi connectivity index (χ4v) is 3.01. The number of hydrogen-bond donors (Lipinski definition) is 0. The third-order valence-electron chi connectivity index (χ3n) is 4.10. The van der Waals surface area contributed by atoms with E-state index in [1.54, 1.807) is 31.3 Å². The Hall–Kier alpha value is -2.60. The number of hydrogen-bond acceptors (Lipinski definition) is 4. The van der Waals surface area contributed by atoms with Crippen molar-refractivity contribution in [2.24, 2.45) is 14.1 Å². The second-order valence-corrected chi connectivity index (χ2v) is 5.94. The SMILES string of the molecule is Cn1c(=O)c2nc3c(cc2n(C)c1=O)COc1ccc(Cl)cc1-3. The largest absolute Gasteiger partial charge is 0.488 e. The predicted molar refractivity (Wildman–Crippen MR) is 87.0 cm³/mol. The van der Waals surface area contributed by atoms with E-state index < -0.39 is 5.56 Å². The molecule has 0 bridgehead atoms. The van der Waals surface area contributed by atoms with Crippen LogP contribution in [0.25, 0.3) is 22.3 Å². The summed E-state index contributed by atoms with van der Waals surface area (Å²) in [5.74, 6) is 0.676. The monoisotopic (exact) mass is 329 g/mol. The van der Waals surface area contributed by atoms with Crippen LogP contribution < -0.4 is 16.0 Å². The van der Waals surface area contributed by atoms with E-state index in [9.17, 15) is 9.59 Å². The zero-order chi connectivity index (χ0) is 16.3. The van der Waals surface area contributed by atoms with Crippen molar-refractivity contribution in [1.82, 2.24) is 14.1 Å². The number of benzene rings is 1. The maximum Gasteiger partial charge on any atom is 0.331 e. The van der Waals surface area contributed by atoms with Crippen LogP contribution >= 0.6 is 11.6 Å². The Labute approximate surface area is 135 Å². The maximum atomic E-state index is 12.4. The highest BCUT2D eigenvalue weighted by atomic mass is 35.5. The van der Waals surface area contributed by atoms with Gasteiger partial charge in [0.15, 0.2) is 5.52 Å². The lowest BCUT2D eigenvalue weighted by Crippen LogP contribution is -2.37. The first-order chi connectivity index (χ1) is 11.0. The van der Waals surface area contributed by atoms with E-state index in [4.69, 9.17) is 16.3 Å². The van der Waals surface area contributed by atoms with Crippen molar-refractivity contribution in [3.05, 3.63) is 55.7 Å². The van der Waals surface area contributed by atoms with E-state index in [-0.39, 0.29) is 11.2 Å². The first-order valence-corrected chi connectivity index (χ1v) is 7.37. The van der Waals surface area contributed by atoms with Crippen LogP contribution in [-0.2, 0) is 20.7 Å². The molecule has 0 unspecified atom stereocenters. The number of aryl methyl sites for hydroxylation is 1. The second-order valence-electron chi connectivity index (χ2n) is 5.50. The van der Waals surface area contributed by atoms with Crippen LogP contribution in [0.5, 0.6) is 5.75 Å². The van der Waals surface area contributed by atoms with Crippen LogP contribution in [0.4, 0.5) is 0 Å². The van der Waals surface area contributed by atoms with Gasteiger partial charge in [-0.15, -0.1) is 0 Å². The number of fused-ring (bicyclic) bond motifs is 4. The lowest BCUT2D eigenvalue weighted by molar-refractivity contribution is 0.301. The summed E-state index contributed by atoms with van der Waals surface area (Å²) in [6.45, 7) is 0.330. The number of rotatable bonds is 0. The number of nitrogens with zero attached hydrogens (tertiary/aromatic N) is 3. The Bertz CT molecular complexity index is 1100. The third-order valence-corrected chi connectivity index (χ3v) is 4.34. The van der Waals surface area contributed by atoms with E-state index in [0.717, 1.165) is 15.7 Å². The van der Waals surface area contributed by atoms with Gasteiger partial charge in [0.25, 0.3) is 5.56 Å². The minimum atomic E-state index is -0.416. The van der Waals surface area contributed by atoms with Crippen molar-refractivity contribution in [3.8, 4) is 17.0 Å². The Morgan fingerprint density at radius 3 is 2.74 bits per heavy atom. The summed E-state index contributed by atoms with van der Waals surface area (Å²) in [6.07, 6.45) is 0. The summed E-state index contributed by atoms with van der Waals surface area (Å²) in [5, 5.41) is 0.565. The Morgan fingerprint density at radius 1 is 1.17 bits per heavy atom. The average molecular weight is 330 g/mol. The van der Waals surface area contributed by atoms with Crippen LogP contribution in [0.2, 0.25) is 5.02 Å². The van der Waals surface area contributed by atoms with Gasteiger partial charge in [0.1, 0.15) is 12.4 Å². The molecule has 3 heterocycles. The molecule has 0 N–H and O–H groups in total. The zero-order valence-corrected chi connectivity index (χ0v) is 13.2. The normalized spacial score (nSPS) is 12.7. The van der Waals surface area contributed by atoms with Gasteiger partial charge < -0.3 is 4.74 Å². The molecule has 0 spiro atoms. The maximum absolute atomic E-state index is 12.4. The highest BCUT2D eigenvalue weighted by molar-refractivity contribution is 6.31. The van der Waals surface area contributed by atoms with Gasteiger partial charge in [0.05, 0.1) is 11.2 Å². The van der Waals surface area contributed by atoms with E-state index in [0.29, 0.717) is 28.6 Å². The van der Waals surface area contributed by atoms with Crippen molar-refractivity contribution in [2.75, 3.05) is 0 Å². The summed E-state index contributed by atoms with van der Waals surface area (Å²) in [4.78, 5) is 29.0. The summed E-state index contributed by atoms with van der Waals surface area (Å²) >= 11 is 6.07. The minimum absolute atomic E-state index is 0.251. The van der Waals surface area contributed by atoms with Gasteiger partial charge >= 0.3 is 5.69 Å². The molecule has 0 radical (unpaired) electrons. The fraction of sp³-hybridized carbons (Fsp3) is 0.188. The van der Waals surface area contributed by atoms with Gasteiger partial charge in [0, 0.05) is 30.2 Å². The van der Waals surface area contributed by atoms with Gasteiger partial charge in [-0.25, -0.2) is 9.78 Å². The lowest BCUT2D eigenvalue weighted by atomic mass is 10.0. The van der Waals surface area contributed by atoms with Crippen molar-refractivity contribution in [1.29, 1.82) is 0 Å². The molecule has 0 fully saturated rings. The Balaban J connectivity index is 2.15. The minimum Gasteiger partial charge on any atom is -0.488 e. The highest BCUT2D eigenvalue weighted by Gasteiger charge is 2.22. The molecule has 1 aliphatic rings. The molecular weight excluding hydrogens is 318 g/mol. The number of ether oxygens (including phenoxy) is 1. The number of aromatic nitrogens is 3. The van der Waals surface area contributed by atoms with Crippen molar-refractivity contribution in [3.63, 3.8) is 0 Å². The predicted octanol–water partition coefficient (Wildman–Crippen LogP) is 1.84. The first kappa shape index (κ1) is 14.0. The zero-order valence-electron chi connectivity index (χ0n) is 12.5. The molecule has 0 amide bonds. The first-order valence-electron chi connectivity index (χ1n) is 7.00. The Kier molecular flexibility index (Phi) is 2.86. The molecule has 1 aliphatic heterocycles. The third kappa shape index (κ3) is 1.91. The molecule has 116 valence electrons. The number of pyridine rings is 1. The molecule has 0 saturated heterocycles. The Morgan fingerprint density at radius 2 is 1.96 bits per heavy atom. The average Bonchev–Trinajstić information content (AvgIpc) is 2.56. The van der Waals surface area contributed by atoms with Gasteiger partial charge in [-0.05, 0) is 24.3 Å². The molecule has 1 aromatic carbocycles. The van der Waals surface area contributed by atoms with Crippen molar-refractivity contribution < 1.29 is 4.74 Å². The van der Waals surface area contributed by atoms with Gasteiger partial charge in [0.2, 0.25) is 0 Å². The molecule has 4 rings (SSSR count). The second kappa shape index (κ2) is 4.70.